The van der Waals surface area contributed by atoms with Gasteiger partial charge in [0.05, 0.1) is 25.3 Å². The molecule has 0 N–H and O–H groups in total. The van der Waals surface area contributed by atoms with E-state index in [9.17, 15) is 9.59 Å². The van der Waals surface area contributed by atoms with Crippen LogP contribution in [-0.2, 0) is 9.47 Å². The summed E-state index contributed by atoms with van der Waals surface area (Å²) in [5.41, 5.74) is 6.35. The van der Waals surface area contributed by atoms with E-state index in [1.54, 1.807) is 12.1 Å². The van der Waals surface area contributed by atoms with Crippen LogP contribution in [0.1, 0.15) is 20.7 Å². The second-order valence-corrected chi connectivity index (χ2v) is 17.3. The van der Waals surface area contributed by atoms with E-state index in [0.717, 1.165) is 87.2 Å². The predicted molar refractivity (Wildman–Crippen MR) is 283 cm³/mol. The van der Waals surface area contributed by atoms with Gasteiger partial charge in [-0.3, -0.25) is 0 Å². The Bertz CT molecular complexity index is 4100. The molecule has 0 aliphatic rings. The first kappa shape index (κ1) is 42.1. The number of fused-ring (bicyclic) bond motifs is 6. The Morgan fingerprint density at radius 1 is 0.300 bits per heavy atom. The minimum Gasteiger partial charge on any atom is -0.465 e. The van der Waals surface area contributed by atoms with Gasteiger partial charge in [0.25, 0.3) is 0 Å². The minimum absolute atomic E-state index is 0.428. The van der Waals surface area contributed by atoms with Crippen molar-refractivity contribution in [3.8, 4) is 56.4 Å². The zero-order chi connectivity index (χ0) is 47.3. The number of carbonyl (C=O) groups is 2. The minimum atomic E-state index is -0.436. The average molecular weight is 907 g/mol. The topological polar surface area (TPSA) is 71.1 Å². The third-order valence-corrected chi connectivity index (χ3v) is 13.4. The molecular weight excluding hydrogens is 865 g/mol. The van der Waals surface area contributed by atoms with E-state index in [1.807, 2.05) is 78.9 Å². The van der Waals surface area contributed by atoms with E-state index in [0.29, 0.717) is 44.9 Å². The van der Waals surface area contributed by atoms with E-state index in [4.69, 9.17) is 18.9 Å². The normalized spacial score (nSPS) is 11.4. The maximum absolute atomic E-state index is 13.3. The van der Waals surface area contributed by atoms with Crippen molar-refractivity contribution in [2.75, 3.05) is 14.2 Å². The zero-order valence-corrected chi connectivity index (χ0v) is 38.2. The molecule has 0 bridgehead atoms. The highest BCUT2D eigenvalue weighted by molar-refractivity contribution is 6.19. The second-order valence-electron chi connectivity index (χ2n) is 17.3. The van der Waals surface area contributed by atoms with Crippen molar-refractivity contribution < 1.29 is 28.5 Å². The smallest absolute Gasteiger partial charge is 0.338 e. The maximum Gasteiger partial charge on any atom is 0.338 e. The van der Waals surface area contributed by atoms with Gasteiger partial charge in [-0.1, -0.05) is 176 Å². The van der Waals surface area contributed by atoms with Crippen LogP contribution in [0, 0.1) is 0 Å². The van der Waals surface area contributed by atoms with E-state index >= 15 is 0 Å². The molecule has 6 nitrogen and oxygen atoms in total. The molecule has 0 saturated heterocycles. The number of hydrogen-bond donors (Lipinski definition) is 0. The number of esters is 2. The summed E-state index contributed by atoms with van der Waals surface area (Å²) in [7, 11) is 2.79. The van der Waals surface area contributed by atoms with Crippen LogP contribution in [0.3, 0.4) is 0 Å². The largest absolute Gasteiger partial charge is 0.465 e. The summed E-state index contributed by atoms with van der Waals surface area (Å²) < 4.78 is 25.4. The quantitative estimate of drug-likeness (QED) is 0.134. The number of methoxy groups -OCH3 is 2. The van der Waals surface area contributed by atoms with Gasteiger partial charge < -0.3 is 18.9 Å². The molecule has 0 aliphatic heterocycles. The van der Waals surface area contributed by atoms with Gasteiger partial charge in [0.15, 0.2) is 0 Å². The molecule has 0 radical (unpaired) electrons. The van der Waals surface area contributed by atoms with Gasteiger partial charge in [0.2, 0.25) is 0 Å². The van der Waals surface area contributed by atoms with Crippen LogP contribution in [0.2, 0.25) is 0 Å². The fourth-order valence-electron chi connectivity index (χ4n) is 10.1. The molecule has 0 unspecified atom stereocenters. The lowest BCUT2D eigenvalue weighted by atomic mass is 9.82. The molecule has 0 amide bonds. The molecular formula is C64H42O6. The Hall–Kier alpha value is -9.26. The van der Waals surface area contributed by atoms with Crippen molar-refractivity contribution in [2.24, 2.45) is 0 Å². The zero-order valence-electron chi connectivity index (χ0n) is 38.2. The first-order valence-corrected chi connectivity index (χ1v) is 23.1. The Balaban J connectivity index is 1.24. The maximum atomic E-state index is 13.3. The standard InChI is InChI=1S/C64H42O6/c1-67-63(65)53-32-35-55(49-23-11-9-21-47(49)53)69-57-34-31-41-17-7-8-20-46(41)60(57)61-52-26-14-13-25-51(52)58(44-29-27-39-15-3-5-18-42(39)37-44)59(45-30-28-40-16-4-6-19-43(40)38-45)62(61)70-56-36-33-54(64(66)68-2)48-22-10-12-24-50(48)56/h3-38H,1-2H3. The number of ether oxygens (including phenoxy) is 4. The van der Waals surface area contributed by atoms with E-state index in [-0.39, 0.29) is 0 Å². The lowest BCUT2D eigenvalue weighted by molar-refractivity contribution is 0.0594. The van der Waals surface area contributed by atoms with Crippen LogP contribution in [0.15, 0.2) is 218 Å². The fraction of sp³-hybridized carbons (Fsp3) is 0.0312. The number of hydrogen-bond acceptors (Lipinski definition) is 6. The monoisotopic (exact) mass is 906 g/mol. The lowest BCUT2D eigenvalue weighted by Gasteiger charge is -2.26. The Labute approximate surface area is 403 Å². The number of carbonyl (C=O) groups excluding carboxylic acids is 2. The molecule has 0 spiro atoms. The highest BCUT2D eigenvalue weighted by atomic mass is 16.5. The summed E-state index contributed by atoms with van der Waals surface area (Å²) in [5.74, 6) is 1.44. The van der Waals surface area contributed by atoms with Gasteiger partial charge in [0.1, 0.15) is 23.0 Å². The van der Waals surface area contributed by atoms with Crippen molar-refractivity contribution in [1.29, 1.82) is 0 Å². The lowest BCUT2D eigenvalue weighted by Crippen LogP contribution is -2.04. The first-order valence-electron chi connectivity index (χ1n) is 23.1. The van der Waals surface area contributed by atoms with Crippen LogP contribution < -0.4 is 9.47 Å². The van der Waals surface area contributed by atoms with Gasteiger partial charge in [0, 0.05) is 33.0 Å². The Morgan fingerprint density at radius 2 is 0.700 bits per heavy atom. The van der Waals surface area contributed by atoms with Gasteiger partial charge in [-0.25, -0.2) is 9.59 Å². The summed E-state index contributed by atoms with van der Waals surface area (Å²) in [6, 6.07) is 73.7. The van der Waals surface area contributed by atoms with Gasteiger partial charge in [-0.2, -0.15) is 0 Å². The van der Waals surface area contributed by atoms with Crippen LogP contribution in [0.4, 0.5) is 0 Å². The summed E-state index contributed by atoms with van der Waals surface area (Å²) >= 11 is 0. The molecule has 0 aliphatic carbocycles. The van der Waals surface area contributed by atoms with Crippen molar-refractivity contribution in [3.05, 3.63) is 230 Å². The van der Waals surface area contributed by atoms with Crippen molar-refractivity contribution in [2.45, 2.75) is 0 Å². The summed E-state index contributed by atoms with van der Waals surface area (Å²) in [5, 5.41) is 11.3. The molecule has 0 fully saturated rings. The number of benzene rings is 12. The first-order chi connectivity index (χ1) is 34.5. The number of rotatable bonds is 9. The average Bonchev–Trinajstić information content (AvgIpc) is 3.42. The van der Waals surface area contributed by atoms with Crippen molar-refractivity contribution in [1.82, 2.24) is 0 Å². The van der Waals surface area contributed by atoms with E-state index < -0.39 is 11.9 Å². The fourth-order valence-corrected chi connectivity index (χ4v) is 10.1. The molecule has 70 heavy (non-hydrogen) atoms. The van der Waals surface area contributed by atoms with Crippen LogP contribution in [0.5, 0.6) is 23.0 Å². The van der Waals surface area contributed by atoms with E-state index in [2.05, 4.69) is 127 Å². The Kier molecular flexibility index (Phi) is 10.5. The van der Waals surface area contributed by atoms with Gasteiger partial charge >= 0.3 is 11.9 Å². The molecule has 0 saturated carbocycles. The molecule has 0 aromatic heterocycles. The third-order valence-electron chi connectivity index (χ3n) is 13.4. The molecule has 0 atom stereocenters. The molecule has 12 aromatic rings. The van der Waals surface area contributed by atoms with Crippen molar-refractivity contribution >= 4 is 76.6 Å². The van der Waals surface area contributed by atoms with Crippen molar-refractivity contribution in [3.63, 3.8) is 0 Å². The molecule has 12 aromatic carbocycles. The van der Waals surface area contributed by atoms with Crippen LogP contribution in [-0.4, -0.2) is 26.2 Å². The summed E-state index contributed by atoms with van der Waals surface area (Å²) in [4.78, 5) is 26.3. The third kappa shape index (κ3) is 7.13. The van der Waals surface area contributed by atoms with Crippen LogP contribution in [0.25, 0.3) is 98.0 Å². The van der Waals surface area contributed by atoms with Gasteiger partial charge in [-0.15, -0.1) is 0 Å². The predicted octanol–water partition coefficient (Wildman–Crippen LogP) is 16.8. The second kappa shape index (κ2) is 17.4. The SMILES string of the molecule is COC(=O)c1ccc(Oc2ccc3ccccc3c2-c2c(Oc3ccc(C(=O)OC)c4ccccc34)c(-c3ccc4ccccc4c3)c(-c3ccc4ccccc4c3)c3ccccc23)c2ccccc12. The van der Waals surface area contributed by atoms with Gasteiger partial charge in [-0.05, 0) is 107 Å². The molecule has 334 valence electrons. The summed E-state index contributed by atoms with van der Waals surface area (Å²) in [6.45, 7) is 0. The molecule has 0 heterocycles. The Morgan fingerprint density at radius 3 is 1.24 bits per heavy atom. The highest BCUT2D eigenvalue weighted by Gasteiger charge is 2.29. The molecule has 6 heteroatoms. The van der Waals surface area contributed by atoms with E-state index in [1.165, 1.54) is 14.2 Å². The highest BCUT2D eigenvalue weighted by Crippen LogP contribution is 2.56. The summed E-state index contributed by atoms with van der Waals surface area (Å²) in [6.07, 6.45) is 0. The molecule has 12 rings (SSSR count). The van der Waals surface area contributed by atoms with Crippen LogP contribution >= 0.6 is 0 Å².